The Kier molecular flexibility index (Phi) is 11.8. The van der Waals surface area contributed by atoms with E-state index in [9.17, 15) is 14.9 Å². The van der Waals surface area contributed by atoms with Gasteiger partial charge in [0.2, 0.25) is 0 Å². The van der Waals surface area contributed by atoms with Gasteiger partial charge in [0.15, 0.2) is 6.10 Å². The summed E-state index contributed by atoms with van der Waals surface area (Å²) in [6, 6.07) is 27.8. The van der Waals surface area contributed by atoms with Crippen LogP contribution in [0.4, 0.5) is 0 Å². The van der Waals surface area contributed by atoms with Gasteiger partial charge in [-0.2, -0.15) is 10.4 Å². The fourth-order valence-electron chi connectivity index (χ4n) is 4.04. The van der Waals surface area contributed by atoms with Crippen molar-refractivity contribution in [1.82, 2.24) is 10.7 Å². The van der Waals surface area contributed by atoms with E-state index < -0.39 is 24.0 Å². The molecule has 0 radical (unpaired) electrons. The molecule has 4 rings (SSSR count). The summed E-state index contributed by atoms with van der Waals surface area (Å²) >= 11 is 15.6. The van der Waals surface area contributed by atoms with E-state index in [4.69, 9.17) is 32.7 Å². The number of nitrogens with one attached hydrogen (secondary N) is 2. The highest BCUT2D eigenvalue weighted by Crippen LogP contribution is 2.29. The molecule has 0 spiro atoms. The number of carbonyl (C=O) groups excluding carboxylic acids is 2. The van der Waals surface area contributed by atoms with E-state index >= 15 is 0 Å². The molecular weight excluding hydrogens is 667 g/mol. The summed E-state index contributed by atoms with van der Waals surface area (Å²) < 4.78 is 12.3. The number of benzene rings is 4. The highest BCUT2D eigenvalue weighted by atomic mass is 79.9. The molecule has 0 saturated heterocycles. The third-order valence-electron chi connectivity index (χ3n) is 6.35. The Morgan fingerprint density at radius 3 is 2.43 bits per heavy atom. The second kappa shape index (κ2) is 15.9. The molecule has 0 unspecified atom stereocenters. The van der Waals surface area contributed by atoms with E-state index in [1.54, 1.807) is 49.4 Å². The van der Waals surface area contributed by atoms with Crippen LogP contribution >= 0.6 is 39.1 Å². The van der Waals surface area contributed by atoms with Gasteiger partial charge in [0.25, 0.3) is 11.8 Å². The first-order chi connectivity index (χ1) is 21.2. The molecule has 44 heavy (non-hydrogen) atoms. The summed E-state index contributed by atoms with van der Waals surface area (Å²) in [6.07, 6.45) is 0.761. The van der Waals surface area contributed by atoms with Crippen molar-refractivity contribution >= 4 is 57.2 Å². The number of nitrogens with zero attached hydrogens (tertiary/aromatic N) is 2. The highest BCUT2D eigenvalue weighted by Gasteiger charge is 2.25. The number of hydrogen-bond donors (Lipinski definition) is 2. The summed E-state index contributed by atoms with van der Waals surface area (Å²) in [5.41, 5.74) is 5.39. The molecule has 4 aromatic rings. The van der Waals surface area contributed by atoms with Crippen LogP contribution in [0.15, 0.2) is 101 Å². The van der Waals surface area contributed by atoms with Gasteiger partial charge in [0.1, 0.15) is 24.1 Å². The van der Waals surface area contributed by atoms with Gasteiger partial charge in [-0.05, 0) is 76.4 Å². The number of carbonyl (C=O) groups is 2. The minimum Gasteiger partial charge on any atom is -0.488 e. The number of hydrogen-bond acceptors (Lipinski definition) is 6. The first kappa shape index (κ1) is 32.6. The van der Waals surface area contributed by atoms with Crippen LogP contribution in [0, 0.1) is 11.3 Å². The van der Waals surface area contributed by atoms with Crippen molar-refractivity contribution in [3.8, 4) is 17.6 Å². The molecule has 0 aliphatic carbocycles. The fourth-order valence-corrected chi connectivity index (χ4v) is 5.00. The summed E-state index contributed by atoms with van der Waals surface area (Å²) in [5.74, 6) is -0.138. The summed E-state index contributed by atoms with van der Waals surface area (Å²) in [6.45, 7) is 1.79. The maximum Gasteiger partial charge on any atom is 0.262 e. The predicted octanol–water partition coefficient (Wildman–Crippen LogP) is 6.85. The fraction of sp³-hybridized carbons (Fsp3) is 0.152. The molecule has 8 nitrogen and oxygen atoms in total. The van der Waals surface area contributed by atoms with Crippen LogP contribution in [-0.4, -0.2) is 30.2 Å². The number of amides is 2. The smallest absolute Gasteiger partial charge is 0.262 e. The van der Waals surface area contributed by atoms with Crippen LogP contribution in [0.3, 0.4) is 0 Å². The molecule has 0 aliphatic heterocycles. The molecule has 0 fully saturated rings. The molecule has 0 saturated carbocycles. The number of hydrazone groups is 1. The van der Waals surface area contributed by atoms with Gasteiger partial charge in [-0.3, -0.25) is 9.59 Å². The van der Waals surface area contributed by atoms with Gasteiger partial charge in [0, 0.05) is 17.0 Å². The Hall–Kier alpha value is -4.36. The second-order valence-corrected chi connectivity index (χ2v) is 11.3. The lowest BCUT2D eigenvalue weighted by Crippen LogP contribution is -2.50. The van der Waals surface area contributed by atoms with Gasteiger partial charge in [0.05, 0.1) is 27.3 Å². The molecule has 11 heteroatoms. The quantitative estimate of drug-likeness (QED) is 0.125. The standard InChI is InChI=1S/C33H27BrCl2N4O4/c1-21(44-31-14-12-26(35)17-28(31)36)32(41)39-29(16-22-7-3-2-4-8-22)33(42)40-38-19-23-11-13-30(27(34)15-23)43-20-25-10-6-5-9-24(25)18-37/h2-15,17,19,21,29H,16,20H2,1H3,(H,39,41)(H,40,42)/b38-19-/t21-,29-/m1/s1. The lowest BCUT2D eigenvalue weighted by atomic mass is 10.1. The van der Waals surface area contributed by atoms with E-state index in [1.807, 2.05) is 42.5 Å². The molecule has 2 atom stereocenters. The third-order valence-corrected chi connectivity index (χ3v) is 7.50. The van der Waals surface area contributed by atoms with E-state index in [0.29, 0.717) is 32.1 Å². The maximum atomic E-state index is 13.2. The Morgan fingerprint density at radius 2 is 1.70 bits per heavy atom. The maximum absolute atomic E-state index is 13.2. The molecule has 4 aromatic carbocycles. The van der Waals surface area contributed by atoms with E-state index in [1.165, 1.54) is 12.3 Å². The van der Waals surface area contributed by atoms with E-state index in [2.05, 4.69) is 37.8 Å². The third kappa shape index (κ3) is 9.32. The first-order valence-corrected chi connectivity index (χ1v) is 15.0. The van der Waals surface area contributed by atoms with E-state index in [-0.39, 0.29) is 18.1 Å². The lowest BCUT2D eigenvalue weighted by molar-refractivity contribution is -0.132. The van der Waals surface area contributed by atoms with Crippen LogP contribution < -0.4 is 20.2 Å². The van der Waals surface area contributed by atoms with E-state index in [0.717, 1.165) is 11.1 Å². The molecular formula is C33H27BrCl2N4O4. The summed E-state index contributed by atoms with van der Waals surface area (Å²) in [7, 11) is 0. The number of nitriles is 1. The molecule has 2 amide bonds. The van der Waals surface area contributed by atoms with Crippen LogP contribution in [0.5, 0.6) is 11.5 Å². The van der Waals surface area contributed by atoms with Crippen molar-refractivity contribution in [2.75, 3.05) is 0 Å². The van der Waals surface area contributed by atoms with Crippen LogP contribution in [0.25, 0.3) is 0 Å². The molecule has 224 valence electrons. The molecule has 2 N–H and O–H groups in total. The minimum atomic E-state index is -0.949. The average molecular weight is 694 g/mol. The van der Waals surface area contributed by atoms with Crippen LogP contribution in [-0.2, 0) is 22.6 Å². The minimum absolute atomic E-state index is 0.231. The SMILES string of the molecule is C[C@@H](Oc1ccc(Cl)cc1Cl)C(=O)N[C@H](Cc1ccccc1)C(=O)N/N=C\c1ccc(OCc2ccccc2C#N)c(Br)c1. The van der Waals surface area contributed by atoms with Gasteiger partial charge >= 0.3 is 0 Å². The Labute approximate surface area is 273 Å². The lowest BCUT2D eigenvalue weighted by Gasteiger charge is -2.21. The highest BCUT2D eigenvalue weighted by molar-refractivity contribution is 9.10. The average Bonchev–Trinajstić information content (AvgIpc) is 3.02. The summed E-state index contributed by atoms with van der Waals surface area (Å²) in [5, 5.41) is 16.8. The van der Waals surface area contributed by atoms with Crippen molar-refractivity contribution in [3.63, 3.8) is 0 Å². The Bertz CT molecular complexity index is 1700. The number of ether oxygens (including phenoxy) is 2. The zero-order valence-electron chi connectivity index (χ0n) is 23.5. The van der Waals surface area contributed by atoms with Gasteiger partial charge < -0.3 is 14.8 Å². The monoisotopic (exact) mass is 692 g/mol. The number of halogens is 3. The van der Waals surface area contributed by atoms with Crippen molar-refractivity contribution < 1.29 is 19.1 Å². The van der Waals surface area contributed by atoms with Crippen LogP contribution in [0.2, 0.25) is 10.0 Å². The Morgan fingerprint density at radius 1 is 0.977 bits per heavy atom. The van der Waals surface area contributed by atoms with Gasteiger partial charge in [-0.25, -0.2) is 5.43 Å². The van der Waals surface area contributed by atoms with Crippen molar-refractivity contribution in [2.24, 2.45) is 5.10 Å². The largest absolute Gasteiger partial charge is 0.488 e. The zero-order chi connectivity index (χ0) is 31.5. The molecule has 0 aliphatic rings. The Balaban J connectivity index is 1.39. The molecule has 0 aromatic heterocycles. The van der Waals surface area contributed by atoms with Gasteiger partial charge in [-0.15, -0.1) is 0 Å². The van der Waals surface area contributed by atoms with Gasteiger partial charge in [-0.1, -0.05) is 71.7 Å². The summed E-state index contributed by atoms with van der Waals surface area (Å²) in [4.78, 5) is 26.2. The topological polar surface area (TPSA) is 113 Å². The zero-order valence-corrected chi connectivity index (χ0v) is 26.6. The normalized spacial score (nSPS) is 12.2. The molecule has 0 bridgehead atoms. The number of rotatable bonds is 12. The van der Waals surface area contributed by atoms with Crippen LogP contribution in [0.1, 0.15) is 29.2 Å². The predicted molar refractivity (Wildman–Crippen MR) is 174 cm³/mol. The van der Waals surface area contributed by atoms with Crippen molar-refractivity contribution in [2.45, 2.75) is 32.1 Å². The molecule has 0 heterocycles. The second-order valence-electron chi connectivity index (χ2n) is 9.57. The first-order valence-electron chi connectivity index (χ1n) is 13.4. The van der Waals surface area contributed by atoms with Crippen molar-refractivity contribution in [1.29, 1.82) is 5.26 Å². The van der Waals surface area contributed by atoms with Crippen molar-refractivity contribution in [3.05, 3.63) is 128 Å².